The largest absolute Gasteiger partial charge is 0.308 e. The highest BCUT2D eigenvalue weighted by Gasteiger charge is 2.33. The van der Waals surface area contributed by atoms with E-state index in [2.05, 4.69) is 5.10 Å². The van der Waals surface area contributed by atoms with E-state index in [1.54, 1.807) is 18.5 Å². The molecule has 9 heteroatoms. The van der Waals surface area contributed by atoms with Crippen LogP contribution in [-0.2, 0) is 22.1 Å². The van der Waals surface area contributed by atoms with Gasteiger partial charge in [-0.15, -0.1) is 0 Å². The summed E-state index contributed by atoms with van der Waals surface area (Å²) in [6.07, 6.45) is 0. The summed E-state index contributed by atoms with van der Waals surface area (Å²) in [6.45, 7) is 9.63. The summed E-state index contributed by atoms with van der Waals surface area (Å²) in [5, 5.41) is 4.44. The molecule has 1 aromatic heterocycles. The first-order chi connectivity index (χ1) is 13.2. The highest BCUT2D eigenvalue weighted by molar-refractivity contribution is 7.89. The van der Waals surface area contributed by atoms with Gasteiger partial charge in [0.15, 0.2) is 0 Å². The van der Waals surface area contributed by atoms with Crippen LogP contribution in [0.4, 0.5) is 8.78 Å². The van der Waals surface area contributed by atoms with Gasteiger partial charge in [0.05, 0.1) is 16.9 Å². The van der Waals surface area contributed by atoms with Crippen LogP contribution in [0.25, 0.3) is 0 Å². The van der Waals surface area contributed by atoms with Crippen LogP contribution in [0.3, 0.4) is 0 Å². The summed E-state index contributed by atoms with van der Waals surface area (Å²) in [6, 6.07) is 3.17. The monoisotopic (exact) mass is 428 g/mol. The molecular weight excluding hydrogens is 398 g/mol. The molecule has 6 nitrogen and oxygen atoms in total. The average Bonchev–Trinajstić information content (AvgIpc) is 2.88. The lowest BCUT2D eigenvalue weighted by atomic mass is 10.1. The Kier molecular flexibility index (Phi) is 6.86. The van der Waals surface area contributed by atoms with E-state index in [1.165, 1.54) is 10.4 Å². The van der Waals surface area contributed by atoms with Gasteiger partial charge in [-0.1, -0.05) is 6.07 Å². The van der Waals surface area contributed by atoms with Crippen molar-refractivity contribution in [3.63, 3.8) is 0 Å². The maximum atomic E-state index is 14.2. The fourth-order valence-corrected chi connectivity index (χ4v) is 4.98. The third kappa shape index (κ3) is 5.21. The summed E-state index contributed by atoms with van der Waals surface area (Å²) < 4.78 is 57.6. The van der Waals surface area contributed by atoms with Crippen LogP contribution in [0.1, 0.15) is 37.7 Å². The minimum Gasteiger partial charge on any atom is -0.308 e. The molecule has 1 heterocycles. The maximum Gasteiger partial charge on any atom is 0.247 e. The van der Waals surface area contributed by atoms with Crippen LogP contribution >= 0.6 is 0 Å². The van der Waals surface area contributed by atoms with Crippen LogP contribution in [0.2, 0.25) is 0 Å². The molecule has 0 unspecified atom stereocenters. The van der Waals surface area contributed by atoms with Crippen LogP contribution in [0.5, 0.6) is 0 Å². The number of rotatable bonds is 7. The van der Waals surface area contributed by atoms with Gasteiger partial charge in [0.25, 0.3) is 0 Å². The Morgan fingerprint density at radius 3 is 2.21 bits per heavy atom. The molecule has 0 N–H and O–H groups in total. The number of hydrogen-bond acceptors (Lipinski definition) is 4. The molecule has 0 saturated heterocycles. The normalized spacial score (nSPS) is 12.9. The molecule has 0 aliphatic carbocycles. The van der Waals surface area contributed by atoms with Crippen LogP contribution in [0, 0.1) is 25.5 Å². The molecule has 0 aliphatic heterocycles. The van der Waals surface area contributed by atoms with Crippen LogP contribution in [0.15, 0.2) is 23.1 Å². The maximum absolute atomic E-state index is 14.2. The minimum atomic E-state index is -3.96. The summed E-state index contributed by atoms with van der Waals surface area (Å²) in [7, 11) is -0.298. The fourth-order valence-electron chi connectivity index (χ4n) is 3.22. The molecular formula is C20H30F2N4O2S. The molecule has 0 aliphatic rings. The molecule has 1 aromatic carbocycles. The van der Waals surface area contributed by atoms with E-state index in [4.69, 9.17) is 0 Å². The predicted molar refractivity (Wildman–Crippen MR) is 109 cm³/mol. The Morgan fingerprint density at radius 2 is 1.72 bits per heavy atom. The summed E-state index contributed by atoms with van der Waals surface area (Å²) in [4.78, 5) is 1.98. The van der Waals surface area contributed by atoms with Gasteiger partial charge in [0.1, 0.15) is 16.5 Å². The van der Waals surface area contributed by atoms with Crippen molar-refractivity contribution >= 4 is 10.0 Å². The van der Waals surface area contributed by atoms with E-state index >= 15 is 0 Å². The van der Waals surface area contributed by atoms with Gasteiger partial charge in [-0.25, -0.2) is 17.2 Å². The predicted octanol–water partition coefficient (Wildman–Crippen LogP) is 3.29. The Bertz CT molecular complexity index is 979. The third-order valence-electron chi connectivity index (χ3n) is 4.62. The SMILES string of the molecule is Cc1nn(C(C)(C)C)c(C)c1S(=O)(=O)N(CCN(C)C)Cc1ccc(F)cc1F. The standard InChI is InChI=1S/C20H30F2N4O2S/c1-14-19(15(2)26(23-14)20(3,4)5)29(27,28)25(11-10-24(6)7)13-16-8-9-17(21)12-18(16)22/h8-9,12H,10-11,13H2,1-7H3. The molecule has 162 valence electrons. The molecule has 0 fully saturated rings. The number of sulfonamides is 1. The van der Waals surface area contributed by atoms with Crippen molar-refractivity contribution in [1.29, 1.82) is 0 Å². The molecule has 2 rings (SSSR count). The van der Waals surface area contributed by atoms with Crippen molar-refractivity contribution in [2.24, 2.45) is 0 Å². The van der Waals surface area contributed by atoms with Crippen molar-refractivity contribution in [3.8, 4) is 0 Å². The Labute approximate surface area is 172 Å². The van der Waals surface area contributed by atoms with E-state index in [9.17, 15) is 17.2 Å². The zero-order chi connectivity index (χ0) is 22.1. The summed E-state index contributed by atoms with van der Waals surface area (Å²) in [5.41, 5.74) is 0.656. The molecule has 0 radical (unpaired) electrons. The summed E-state index contributed by atoms with van der Waals surface area (Å²) in [5.74, 6) is -1.47. The second kappa shape index (κ2) is 8.49. The fraction of sp³-hybridized carbons (Fsp3) is 0.550. The highest BCUT2D eigenvalue weighted by atomic mass is 32.2. The minimum absolute atomic E-state index is 0.118. The number of aromatic nitrogens is 2. The number of benzene rings is 1. The quantitative estimate of drug-likeness (QED) is 0.679. The molecule has 29 heavy (non-hydrogen) atoms. The molecule has 0 spiro atoms. The zero-order valence-electron chi connectivity index (χ0n) is 18.1. The first-order valence-corrected chi connectivity index (χ1v) is 10.8. The summed E-state index contributed by atoms with van der Waals surface area (Å²) >= 11 is 0. The van der Waals surface area contributed by atoms with Gasteiger partial charge in [0.2, 0.25) is 10.0 Å². The van der Waals surface area contributed by atoms with Gasteiger partial charge in [-0.3, -0.25) is 4.68 Å². The van der Waals surface area contributed by atoms with Crippen molar-refractivity contribution in [3.05, 3.63) is 46.8 Å². The number of halogens is 2. The van der Waals surface area contributed by atoms with Crippen molar-refractivity contribution in [2.45, 2.75) is 51.6 Å². The Hall–Kier alpha value is -1.84. The van der Waals surface area contributed by atoms with Gasteiger partial charge in [-0.05, 0) is 54.8 Å². The van der Waals surface area contributed by atoms with Crippen LogP contribution < -0.4 is 0 Å². The number of aryl methyl sites for hydroxylation is 1. The molecule has 0 bridgehead atoms. The Morgan fingerprint density at radius 1 is 1.10 bits per heavy atom. The lowest BCUT2D eigenvalue weighted by Crippen LogP contribution is -2.37. The van der Waals surface area contributed by atoms with Gasteiger partial charge < -0.3 is 4.90 Å². The first-order valence-electron chi connectivity index (χ1n) is 9.40. The molecule has 0 amide bonds. The number of likely N-dealkylation sites (N-methyl/N-ethyl adjacent to an activating group) is 1. The second-order valence-electron chi connectivity index (χ2n) is 8.46. The van der Waals surface area contributed by atoms with Gasteiger partial charge >= 0.3 is 0 Å². The average molecular weight is 429 g/mol. The lowest BCUT2D eigenvalue weighted by molar-refractivity contribution is 0.325. The highest BCUT2D eigenvalue weighted by Crippen LogP contribution is 2.28. The van der Waals surface area contributed by atoms with E-state index < -0.39 is 21.7 Å². The van der Waals surface area contributed by atoms with E-state index in [-0.39, 0.29) is 29.1 Å². The Balaban J connectivity index is 2.53. The number of hydrogen-bond donors (Lipinski definition) is 0. The van der Waals surface area contributed by atoms with Crippen molar-refractivity contribution in [1.82, 2.24) is 19.0 Å². The van der Waals surface area contributed by atoms with Gasteiger partial charge in [0, 0.05) is 31.3 Å². The van der Waals surface area contributed by atoms with E-state index in [1.807, 2.05) is 39.8 Å². The van der Waals surface area contributed by atoms with Crippen LogP contribution in [-0.4, -0.2) is 54.6 Å². The molecule has 2 aromatic rings. The second-order valence-corrected chi connectivity index (χ2v) is 10.3. The zero-order valence-corrected chi connectivity index (χ0v) is 18.9. The van der Waals surface area contributed by atoms with E-state index in [0.29, 0.717) is 17.9 Å². The third-order valence-corrected chi connectivity index (χ3v) is 6.71. The lowest BCUT2D eigenvalue weighted by Gasteiger charge is -2.25. The molecule has 0 atom stereocenters. The van der Waals surface area contributed by atoms with Crippen molar-refractivity contribution < 1.29 is 17.2 Å². The van der Waals surface area contributed by atoms with Crippen molar-refractivity contribution in [2.75, 3.05) is 27.2 Å². The van der Waals surface area contributed by atoms with E-state index in [0.717, 1.165) is 12.1 Å². The molecule has 0 saturated carbocycles. The first kappa shape index (κ1) is 23.4. The van der Waals surface area contributed by atoms with Gasteiger partial charge in [-0.2, -0.15) is 9.40 Å². The smallest absolute Gasteiger partial charge is 0.247 e. The number of nitrogens with zero attached hydrogens (tertiary/aromatic N) is 4. The topological polar surface area (TPSA) is 58.4 Å².